The zero-order valence-electron chi connectivity index (χ0n) is 13.9. The Morgan fingerprint density at radius 1 is 1.00 bits per heavy atom. The van der Waals surface area contributed by atoms with Crippen molar-refractivity contribution in [3.05, 3.63) is 70.4 Å². The quantitative estimate of drug-likeness (QED) is 0.705. The van der Waals surface area contributed by atoms with Crippen LogP contribution in [0.3, 0.4) is 0 Å². The number of para-hydroxylation sites is 1. The second-order valence-corrected chi connectivity index (χ2v) is 7.13. The second-order valence-electron chi connectivity index (χ2n) is 6.70. The zero-order chi connectivity index (χ0) is 17.8. The lowest BCUT2D eigenvalue weighted by Gasteiger charge is -2.14. The lowest BCUT2D eigenvalue weighted by atomic mass is 9.95. The predicted molar refractivity (Wildman–Crippen MR) is 102 cm³/mol. The van der Waals surface area contributed by atoms with Gasteiger partial charge in [-0.25, -0.2) is 0 Å². The van der Waals surface area contributed by atoms with Crippen molar-refractivity contribution in [2.75, 3.05) is 0 Å². The number of halogens is 1. The maximum Gasteiger partial charge on any atom is 0.259 e. The Kier molecular flexibility index (Phi) is 3.31. The van der Waals surface area contributed by atoms with Crippen LogP contribution in [0, 0.1) is 0 Å². The number of carbonyl (C=O) groups is 2. The minimum Gasteiger partial charge on any atom is -0.347 e. The summed E-state index contributed by atoms with van der Waals surface area (Å²) >= 11 is 6.11. The molecule has 2 amide bonds. The molecule has 2 aliphatic rings. The third-order valence-corrected chi connectivity index (χ3v) is 5.38. The first-order chi connectivity index (χ1) is 12.6. The van der Waals surface area contributed by atoms with Crippen molar-refractivity contribution >= 4 is 45.5 Å². The number of aromatic nitrogens is 1. The molecule has 0 atom stereocenters. The standard InChI is InChI=1S/C21H15ClN2O2/c22-14-7-1-5-13(10-14)17-18(21(26)23-20(17)25)16-11-24-9-3-6-12-4-2-8-15(16)19(12)24/h1-2,4-5,7-8,10-11H,3,6,9H2,(H,23,25,26). The highest BCUT2D eigenvalue weighted by Crippen LogP contribution is 2.38. The maximum absolute atomic E-state index is 12.7. The molecule has 2 aliphatic heterocycles. The summed E-state index contributed by atoms with van der Waals surface area (Å²) in [5.41, 5.74) is 4.74. The molecule has 0 radical (unpaired) electrons. The number of hydrogen-bond donors (Lipinski definition) is 1. The molecule has 26 heavy (non-hydrogen) atoms. The summed E-state index contributed by atoms with van der Waals surface area (Å²) in [6.07, 6.45) is 4.11. The van der Waals surface area contributed by atoms with Crippen LogP contribution in [-0.2, 0) is 22.6 Å². The summed E-state index contributed by atoms with van der Waals surface area (Å²) < 4.78 is 2.20. The van der Waals surface area contributed by atoms with E-state index < -0.39 is 0 Å². The van der Waals surface area contributed by atoms with Gasteiger partial charge < -0.3 is 4.57 Å². The normalized spacial score (nSPS) is 16.5. The smallest absolute Gasteiger partial charge is 0.259 e. The first kappa shape index (κ1) is 15.4. The molecule has 0 saturated heterocycles. The van der Waals surface area contributed by atoms with E-state index in [2.05, 4.69) is 16.0 Å². The number of benzene rings is 2. The molecule has 0 spiro atoms. The van der Waals surface area contributed by atoms with Crippen molar-refractivity contribution < 1.29 is 9.59 Å². The van der Waals surface area contributed by atoms with Crippen LogP contribution in [0.4, 0.5) is 0 Å². The van der Waals surface area contributed by atoms with Crippen LogP contribution in [0.1, 0.15) is 23.1 Å². The molecule has 1 aromatic heterocycles. The number of amides is 2. The van der Waals surface area contributed by atoms with Crippen LogP contribution in [0.25, 0.3) is 22.0 Å². The number of rotatable bonds is 2. The summed E-state index contributed by atoms with van der Waals surface area (Å²) in [5, 5.41) is 4.00. The van der Waals surface area contributed by atoms with Gasteiger partial charge in [-0.15, -0.1) is 0 Å². The maximum atomic E-state index is 12.7. The molecule has 5 heteroatoms. The Balaban J connectivity index is 1.83. The van der Waals surface area contributed by atoms with Crippen LogP contribution in [0.15, 0.2) is 48.7 Å². The molecule has 0 bridgehead atoms. The number of hydrogen-bond acceptors (Lipinski definition) is 2. The highest BCUT2D eigenvalue weighted by atomic mass is 35.5. The van der Waals surface area contributed by atoms with Gasteiger partial charge in [0.1, 0.15) is 0 Å². The van der Waals surface area contributed by atoms with Gasteiger partial charge in [0.15, 0.2) is 0 Å². The highest BCUT2D eigenvalue weighted by molar-refractivity contribution is 6.50. The first-order valence-corrected chi connectivity index (χ1v) is 8.98. The highest BCUT2D eigenvalue weighted by Gasteiger charge is 2.34. The van der Waals surface area contributed by atoms with E-state index in [1.807, 2.05) is 24.4 Å². The Labute approximate surface area is 155 Å². The fourth-order valence-corrected chi connectivity index (χ4v) is 4.28. The monoisotopic (exact) mass is 362 g/mol. The van der Waals surface area contributed by atoms with Gasteiger partial charge in [0.05, 0.1) is 16.7 Å². The van der Waals surface area contributed by atoms with Gasteiger partial charge in [0, 0.05) is 28.7 Å². The molecule has 4 nitrogen and oxygen atoms in total. The molecule has 0 unspecified atom stereocenters. The topological polar surface area (TPSA) is 51.1 Å². The fourth-order valence-electron chi connectivity index (χ4n) is 4.09. The summed E-state index contributed by atoms with van der Waals surface area (Å²) in [7, 11) is 0. The van der Waals surface area contributed by atoms with Gasteiger partial charge >= 0.3 is 0 Å². The van der Waals surface area contributed by atoms with E-state index in [4.69, 9.17) is 11.6 Å². The van der Waals surface area contributed by atoms with E-state index in [0.717, 1.165) is 30.3 Å². The molecular weight excluding hydrogens is 348 g/mol. The van der Waals surface area contributed by atoms with E-state index in [-0.39, 0.29) is 11.8 Å². The van der Waals surface area contributed by atoms with Crippen molar-refractivity contribution in [3.63, 3.8) is 0 Å². The van der Waals surface area contributed by atoms with Crippen LogP contribution in [0.5, 0.6) is 0 Å². The summed E-state index contributed by atoms with van der Waals surface area (Å²) in [6.45, 7) is 0.920. The average Bonchev–Trinajstić information content (AvgIpc) is 3.13. The molecule has 2 aromatic carbocycles. The van der Waals surface area contributed by atoms with E-state index in [1.165, 1.54) is 11.1 Å². The SMILES string of the molecule is O=C1NC(=O)C(c2cn3c4c(cccc24)CCC3)=C1c1cccc(Cl)c1. The van der Waals surface area contributed by atoms with Crippen LogP contribution in [0.2, 0.25) is 5.02 Å². The number of nitrogens with zero attached hydrogens (tertiary/aromatic N) is 1. The average molecular weight is 363 g/mol. The van der Waals surface area contributed by atoms with Crippen molar-refractivity contribution in [2.24, 2.45) is 0 Å². The Bertz CT molecular complexity index is 1140. The third-order valence-electron chi connectivity index (χ3n) is 5.14. The summed E-state index contributed by atoms with van der Waals surface area (Å²) in [6, 6.07) is 13.2. The molecule has 3 heterocycles. The molecule has 0 saturated carbocycles. The van der Waals surface area contributed by atoms with Gasteiger partial charge in [-0.05, 0) is 36.1 Å². The van der Waals surface area contributed by atoms with Crippen molar-refractivity contribution in [1.29, 1.82) is 0 Å². The van der Waals surface area contributed by atoms with Crippen LogP contribution < -0.4 is 5.32 Å². The van der Waals surface area contributed by atoms with Crippen LogP contribution >= 0.6 is 11.6 Å². The number of aryl methyl sites for hydroxylation is 2. The third kappa shape index (κ3) is 2.15. The molecule has 3 aromatic rings. The summed E-state index contributed by atoms with van der Waals surface area (Å²) in [4.78, 5) is 25.2. The molecule has 1 N–H and O–H groups in total. The number of imide groups is 1. The minimum absolute atomic E-state index is 0.353. The van der Waals surface area contributed by atoms with Crippen molar-refractivity contribution in [2.45, 2.75) is 19.4 Å². The minimum atomic E-state index is -0.376. The van der Waals surface area contributed by atoms with E-state index in [0.29, 0.717) is 21.7 Å². The molecule has 128 valence electrons. The zero-order valence-corrected chi connectivity index (χ0v) is 14.6. The Morgan fingerprint density at radius 2 is 1.81 bits per heavy atom. The van der Waals surface area contributed by atoms with Crippen LogP contribution in [-0.4, -0.2) is 16.4 Å². The van der Waals surface area contributed by atoms with E-state index in [9.17, 15) is 9.59 Å². The molecular formula is C21H15ClN2O2. The van der Waals surface area contributed by atoms with Gasteiger partial charge in [0.2, 0.25) is 0 Å². The first-order valence-electron chi connectivity index (χ1n) is 8.60. The van der Waals surface area contributed by atoms with Gasteiger partial charge in [-0.3, -0.25) is 14.9 Å². The van der Waals surface area contributed by atoms with Gasteiger partial charge in [-0.2, -0.15) is 0 Å². The van der Waals surface area contributed by atoms with E-state index in [1.54, 1.807) is 18.2 Å². The Hall–Kier alpha value is -2.85. The molecule has 0 aliphatic carbocycles. The second kappa shape index (κ2) is 5.58. The predicted octanol–water partition coefficient (Wildman–Crippen LogP) is 3.81. The summed E-state index contributed by atoms with van der Waals surface area (Å²) in [5.74, 6) is -0.729. The number of carbonyl (C=O) groups excluding carboxylic acids is 2. The fraction of sp³-hybridized carbons (Fsp3) is 0.143. The lowest BCUT2D eigenvalue weighted by molar-refractivity contribution is -0.122. The van der Waals surface area contributed by atoms with Gasteiger partial charge in [0.25, 0.3) is 11.8 Å². The van der Waals surface area contributed by atoms with Gasteiger partial charge in [-0.1, -0.05) is 41.9 Å². The van der Waals surface area contributed by atoms with Crippen molar-refractivity contribution in [3.8, 4) is 0 Å². The molecule has 0 fully saturated rings. The van der Waals surface area contributed by atoms with E-state index >= 15 is 0 Å². The lowest BCUT2D eigenvalue weighted by Crippen LogP contribution is -2.22. The number of nitrogens with one attached hydrogen (secondary N) is 1. The largest absolute Gasteiger partial charge is 0.347 e. The Morgan fingerprint density at radius 3 is 2.65 bits per heavy atom. The van der Waals surface area contributed by atoms with Crippen molar-refractivity contribution in [1.82, 2.24) is 9.88 Å². The molecule has 5 rings (SSSR count).